The molecule has 0 atom stereocenters. The van der Waals surface area contributed by atoms with Crippen molar-refractivity contribution in [3.05, 3.63) is 33.3 Å². The summed E-state index contributed by atoms with van der Waals surface area (Å²) in [4.78, 5) is 11.9. The van der Waals surface area contributed by atoms with Crippen molar-refractivity contribution in [2.24, 2.45) is 0 Å². The Bertz CT molecular complexity index is 595. The van der Waals surface area contributed by atoms with Crippen molar-refractivity contribution in [1.29, 1.82) is 0 Å². The summed E-state index contributed by atoms with van der Waals surface area (Å²) in [6.07, 6.45) is -4.50. The molecule has 8 heteroatoms. The normalized spacial score (nSPS) is 12.9. The van der Waals surface area contributed by atoms with Crippen LogP contribution in [-0.2, 0) is 6.42 Å². The number of methoxy groups -OCH3 is 1. The number of rotatable bonds is 4. The average molecular weight is 343 g/mol. The first kappa shape index (κ1) is 17.7. The molecule has 0 aliphatic carbocycles. The molecule has 0 aliphatic rings. The zero-order valence-electron chi connectivity index (χ0n) is 11.0. The summed E-state index contributed by atoms with van der Waals surface area (Å²) in [6.45, 7) is 1.75. The number of aryl methyl sites for hydroxylation is 1. The van der Waals surface area contributed by atoms with Gasteiger partial charge < -0.3 is 9.84 Å². The highest BCUT2D eigenvalue weighted by atomic mass is 35.5. The lowest BCUT2D eigenvalue weighted by atomic mass is 10.0. The minimum atomic E-state index is -4.94. The summed E-state index contributed by atoms with van der Waals surface area (Å²) in [5, 5.41) is 6.80. The summed E-state index contributed by atoms with van der Waals surface area (Å²) < 4.78 is 42.3. The molecular formula is C13H11Cl2F3O3. The van der Waals surface area contributed by atoms with Crippen LogP contribution < -0.4 is 4.74 Å². The zero-order chi connectivity index (χ0) is 16.4. The molecule has 0 fully saturated rings. The van der Waals surface area contributed by atoms with Crippen LogP contribution in [-0.4, -0.2) is 24.2 Å². The van der Waals surface area contributed by atoms with Crippen LogP contribution in [0.3, 0.4) is 0 Å². The SMILES string of the molecule is CCc1cc(C(=O)/C(Cl)=C(\Cl)C(F)(F)F)c(O)cc1OC. The minimum Gasteiger partial charge on any atom is -0.507 e. The third-order valence-electron chi connectivity index (χ3n) is 2.67. The number of phenols is 1. The van der Waals surface area contributed by atoms with Crippen LogP contribution in [0.5, 0.6) is 11.5 Å². The highest BCUT2D eigenvalue weighted by Crippen LogP contribution is 2.36. The zero-order valence-corrected chi connectivity index (χ0v) is 12.5. The number of allylic oxidation sites excluding steroid dienone is 2. The number of Topliss-reactive ketones (excluding diaryl/α,β-unsaturated/α-hetero) is 1. The lowest BCUT2D eigenvalue weighted by Gasteiger charge is -2.12. The number of hydrogen-bond donors (Lipinski definition) is 1. The summed E-state index contributed by atoms with van der Waals surface area (Å²) in [5.74, 6) is -1.44. The number of carbonyl (C=O) groups excluding carboxylic acids is 1. The van der Waals surface area contributed by atoms with Crippen molar-refractivity contribution >= 4 is 29.0 Å². The number of benzene rings is 1. The van der Waals surface area contributed by atoms with Gasteiger partial charge in [0, 0.05) is 6.07 Å². The summed E-state index contributed by atoms with van der Waals surface area (Å²) >= 11 is 10.4. The molecule has 21 heavy (non-hydrogen) atoms. The predicted molar refractivity (Wildman–Crippen MR) is 73.2 cm³/mol. The predicted octanol–water partition coefficient (Wildman–Crippen LogP) is 4.40. The van der Waals surface area contributed by atoms with Gasteiger partial charge in [-0.25, -0.2) is 0 Å². The second kappa shape index (κ2) is 6.58. The standard InChI is InChI=1S/C13H11Cl2F3O3/c1-3-6-4-7(8(19)5-9(6)21-2)11(20)10(14)12(15)13(16,17)18/h4-5,19H,3H2,1-2H3/b12-10+. The van der Waals surface area contributed by atoms with Crippen LogP contribution in [0.1, 0.15) is 22.8 Å². The van der Waals surface area contributed by atoms with Gasteiger partial charge in [-0.15, -0.1) is 0 Å². The van der Waals surface area contributed by atoms with Crippen LogP contribution in [0.25, 0.3) is 0 Å². The van der Waals surface area contributed by atoms with Gasteiger partial charge in [0.15, 0.2) is 0 Å². The minimum absolute atomic E-state index is 0.313. The molecule has 0 saturated heterocycles. The maximum Gasteiger partial charge on any atom is 0.428 e. The number of ether oxygens (including phenoxy) is 1. The molecule has 0 heterocycles. The molecule has 0 amide bonds. The summed E-state index contributed by atoms with van der Waals surface area (Å²) in [7, 11) is 1.36. The first-order chi connectivity index (χ1) is 9.63. The van der Waals surface area contributed by atoms with E-state index in [2.05, 4.69) is 0 Å². The van der Waals surface area contributed by atoms with Gasteiger partial charge in [-0.05, 0) is 18.1 Å². The van der Waals surface area contributed by atoms with E-state index in [0.29, 0.717) is 17.7 Å². The Labute approximate surface area is 128 Å². The van der Waals surface area contributed by atoms with E-state index in [9.17, 15) is 23.1 Å². The van der Waals surface area contributed by atoms with Gasteiger partial charge in [0.2, 0.25) is 5.78 Å². The van der Waals surface area contributed by atoms with Crippen molar-refractivity contribution in [2.75, 3.05) is 7.11 Å². The molecular weight excluding hydrogens is 332 g/mol. The quantitative estimate of drug-likeness (QED) is 0.651. The third-order valence-corrected chi connectivity index (χ3v) is 3.53. The lowest BCUT2D eigenvalue weighted by molar-refractivity contribution is -0.0848. The van der Waals surface area contributed by atoms with Crippen molar-refractivity contribution < 1.29 is 27.8 Å². The molecule has 1 rings (SSSR count). The molecule has 1 aromatic rings. The van der Waals surface area contributed by atoms with E-state index in [1.165, 1.54) is 13.2 Å². The molecule has 0 radical (unpaired) electrons. The molecule has 0 unspecified atom stereocenters. The maximum atomic E-state index is 12.4. The maximum absolute atomic E-state index is 12.4. The molecule has 1 N–H and O–H groups in total. The van der Waals surface area contributed by atoms with Crippen LogP contribution in [0.15, 0.2) is 22.2 Å². The molecule has 116 valence electrons. The van der Waals surface area contributed by atoms with E-state index in [-0.39, 0.29) is 5.56 Å². The number of phenolic OH excluding ortho intramolecular Hbond substituents is 1. The Morgan fingerprint density at radius 2 is 1.90 bits per heavy atom. The van der Waals surface area contributed by atoms with Crippen molar-refractivity contribution in [1.82, 2.24) is 0 Å². The highest BCUT2D eigenvalue weighted by Gasteiger charge is 2.37. The van der Waals surface area contributed by atoms with Crippen LogP contribution in [0.2, 0.25) is 0 Å². The van der Waals surface area contributed by atoms with Crippen LogP contribution in [0.4, 0.5) is 13.2 Å². The molecule has 3 nitrogen and oxygen atoms in total. The van der Waals surface area contributed by atoms with Crippen molar-refractivity contribution in [2.45, 2.75) is 19.5 Å². The van der Waals surface area contributed by atoms with E-state index in [1.54, 1.807) is 6.92 Å². The summed E-state index contributed by atoms with van der Waals surface area (Å²) in [5.41, 5.74) is 0.159. The third kappa shape index (κ3) is 3.83. The van der Waals surface area contributed by atoms with E-state index in [4.69, 9.17) is 27.9 Å². The van der Waals surface area contributed by atoms with Gasteiger partial charge in [0.05, 0.1) is 12.7 Å². The number of hydrogen-bond acceptors (Lipinski definition) is 3. The van der Waals surface area contributed by atoms with Crippen molar-refractivity contribution in [3.63, 3.8) is 0 Å². The Hall–Kier alpha value is -1.40. The Morgan fingerprint density at radius 1 is 1.33 bits per heavy atom. The van der Waals surface area contributed by atoms with E-state index in [1.807, 2.05) is 0 Å². The number of ketones is 1. The van der Waals surface area contributed by atoms with Crippen molar-refractivity contribution in [3.8, 4) is 11.5 Å². The van der Waals surface area contributed by atoms with E-state index in [0.717, 1.165) is 6.07 Å². The van der Waals surface area contributed by atoms with Crippen LogP contribution in [0, 0.1) is 0 Å². The Balaban J connectivity index is 3.38. The molecule has 0 spiro atoms. The van der Waals surface area contributed by atoms with Gasteiger partial charge in [0.25, 0.3) is 0 Å². The summed E-state index contributed by atoms with van der Waals surface area (Å²) in [6, 6.07) is 2.36. The fourth-order valence-corrected chi connectivity index (χ4v) is 1.90. The first-order valence-corrected chi connectivity index (χ1v) is 6.46. The molecule has 0 bridgehead atoms. The molecule has 0 aromatic heterocycles. The number of alkyl halides is 3. The fraction of sp³-hybridized carbons (Fsp3) is 0.308. The second-order valence-corrected chi connectivity index (χ2v) is 4.75. The van der Waals surface area contributed by atoms with Gasteiger partial charge >= 0.3 is 6.18 Å². The van der Waals surface area contributed by atoms with Gasteiger partial charge in [-0.1, -0.05) is 30.1 Å². The van der Waals surface area contributed by atoms with E-state index < -0.39 is 27.8 Å². The second-order valence-electron chi connectivity index (χ2n) is 3.99. The number of aromatic hydroxyl groups is 1. The van der Waals surface area contributed by atoms with E-state index >= 15 is 0 Å². The smallest absolute Gasteiger partial charge is 0.428 e. The highest BCUT2D eigenvalue weighted by molar-refractivity contribution is 6.50. The average Bonchev–Trinajstić information content (AvgIpc) is 2.43. The van der Waals surface area contributed by atoms with Gasteiger partial charge in [0.1, 0.15) is 21.6 Å². The van der Waals surface area contributed by atoms with Gasteiger partial charge in [-0.3, -0.25) is 4.79 Å². The Kier molecular flexibility index (Phi) is 5.53. The first-order valence-electron chi connectivity index (χ1n) is 5.70. The van der Waals surface area contributed by atoms with Gasteiger partial charge in [-0.2, -0.15) is 13.2 Å². The molecule has 0 saturated carbocycles. The molecule has 0 aliphatic heterocycles. The topological polar surface area (TPSA) is 46.5 Å². The largest absolute Gasteiger partial charge is 0.507 e. The Morgan fingerprint density at radius 3 is 2.33 bits per heavy atom. The monoisotopic (exact) mass is 342 g/mol. The fourth-order valence-electron chi connectivity index (χ4n) is 1.60. The number of halogens is 5. The molecule has 1 aromatic carbocycles. The number of carbonyl (C=O) groups is 1. The lowest BCUT2D eigenvalue weighted by Crippen LogP contribution is -2.13. The van der Waals surface area contributed by atoms with Crippen LogP contribution >= 0.6 is 23.2 Å².